The lowest BCUT2D eigenvalue weighted by Gasteiger charge is -2.13. The molecule has 0 aliphatic rings. The predicted molar refractivity (Wildman–Crippen MR) is 94.2 cm³/mol. The fourth-order valence-electron chi connectivity index (χ4n) is 2.28. The highest BCUT2D eigenvalue weighted by Gasteiger charge is 2.19. The SMILES string of the molecule is CCc1cc(=O)[nH]c(-n2nc(C)cc2NC(=O)C(=O)NC(C)COC)n1. The largest absolute Gasteiger partial charge is 0.383 e. The number of aromatic amines is 1. The zero-order valence-electron chi connectivity index (χ0n) is 15.1. The van der Waals surface area contributed by atoms with Crippen LogP contribution < -0.4 is 16.2 Å². The van der Waals surface area contributed by atoms with Crippen LogP contribution in [0.5, 0.6) is 0 Å². The van der Waals surface area contributed by atoms with E-state index in [0.29, 0.717) is 17.8 Å². The van der Waals surface area contributed by atoms with Gasteiger partial charge in [0.1, 0.15) is 5.82 Å². The fraction of sp³-hybridized carbons (Fsp3) is 0.438. The molecule has 0 saturated heterocycles. The van der Waals surface area contributed by atoms with Crippen molar-refractivity contribution in [2.24, 2.45) is 0 Å². The lowest BCUT2D eigenvalue weighted by atomic mass is 10.3. The molecular weight excluding hydrogens is 340 g/mol. The van der Waals surface area contributed by atoms with Crippen LogP contribution in [-0.4, -0.2) is 51.3 Å². The number of hydrogen-bond acceptors (Lipinski definition) is 6. The van der Waals surface area contributed by atoms with Gasteiger partial charge >= 0.3 is 11.8 Å². The van der Waals surface area contributed by atoms with Crippen molar-refractivity contribution in [1.82, 2.24) is 25.1 Å². The molecule has 0 fully saturated rings. The summed E-state index contributed by atoms with van der Waals surface area (Å²) in [6.45, 7) is 5.59. The van der Waals surface area contributed by atoms with E-state index in [0.717, 1.165) is 0 Å². The number of hydrogen-bond donors (Lipinski definition) is 3. The number of carbonyl (C=O) groups is 2. The van der Waals surface area contributed by atoms with Crippen molar-refractivity contribution in [2.45, 2.75) is 33.2 Å². The number of nitrogens with zero attached hydrogens (tertiary/aromatic N) is 3. The Labute approximate surface area is 150 Å². The van der Waals surface area contributed by atoms with Crippen LogP contribution in [0.1, 0.15) is 25.2 Å². The van der Waals surface area contributed by atoms with Gasteiger partial charge < -0.3 is 15.4 Å². The molecule has 0 aromatic carbocycles. The van der Waals surface area contributed by atoms with E-state index in [9.17, 15) is 14.4 Å². The minimum absolute atomic E-state index is 0.158. The molecule has 10 heteroatoms. The molecule has 0 aliphatic heterocycles. The van der Waals surface area contributed by atoms with Gasteiger partial charge in [-0.2, -0.15) is 9.78 Å². The Morgan fingerprint density at radius 3 is 2.73 bits per heavy atom. The number of nitrogens with one attached hydrogen (secondary N) is 3. The number of methoxy groups -OCH3 is 1. The summed E-state index contributed by atoms with van der Waals surface area (Å²) in [4.78, 5) is 42.7. The van der Waals surface area contributed by atoms with E-state index < -0.39 is 11.8 Å². The molecule has 0 aliphatic carbocycles. The van der Waals surface area contributed by atoms with Crippen LogP contribution in [-0.2, 0) is 20.7 Å². The molecule has 2 heterocycles. The second-order valence-electron chi connectivity index (χ2n) is 5.78. The van der Waals surface area contributed by atoms with Gasteiger partial charge in [0, 0.05) is 31.0 Å². The topological polar surface area (TPSA) is 131 Å². The van der Waals surface area contributed by atoms with Gasteiger partial charge in [0.25, 0.3) is 5.56 Å². The average Bonchev–Trinajstić information content (AvgIpc) is 2.94. The molecule has 2 amide bonds. The molecule has 2 aromatic heterocycles. The van der Waals surface area contributed by atoms with Gasteiger partial charge in [-0.15, -0.1) is 0 Å². The van der Waals surface area contributed by atoms with Crippen LogP contribution in [0.15, 0.2) is 16.9 Å². The Morgan fingerprint density at radius 2 is 2.08 bits per heavy atom. The fourth-order valence-corrected chi connectivity index (χ4v) is 2.28. The van der Waals surface area contributed by atoms with E-state index in [1.165, 1.54) is 17.9 Å². The lowest BCUT2D eigenvalue weighted by Crippen LogP contribution is -2.42. The Bertz CT molecular complexity index is 857. The monoisotopic (exact) mass is 362 g/mol. The quantitative estimate of drug-likeness (QED) is 0.616. The molecule has 0 bridgehead atoms. The van der Waals surface area contributed by atoms with Gasteiger partial charge in [-0.1, -0.05) is 6.92 Å². The first-order chi connectivity index (χ1) is 12.3. The maximum absolute atomic E-state index is 12.1. The van der Waals surface area contributed by atoms with Crippen molar-refractivity contribution >= 4 is 17.6 Å². The summed E-state index contributed by atoms with van der Waals surface area (Å²) in [5.74, 6) is -1.28. The minimum Gasteiger partial charge on any atom is -0.383 e. The van der Waals surface area contributed by atoms with Crippen LogP contribution in [0.25, 0.3) is 5.95 Å². The van der Waals surface area contributed by atoms with E-state index in [1.807, 2.05) is 6.92 Å². The van der Waals surface area contributed by atoms with Crippen molar-refractivity contribution in [3.63, 3.8) is 0 Å². The Kier molecular flexibility index (Phi) is 6.23. The number of ether oxygens (including phenoxy) is 1. The third-order valence-electron chi connectivity index (χ3n) is 3.42. The molecule has 1 atom stereocenters. The summed E-state index contributed by atoms with van der Waals surface area (Å²) in [6, 6.07) is 2.65. The van der Waals surface area contributed by atoms with Crippen molar-refractivity contribution in [3.05, 3.63) is 33.9 Å². The van der Waals surface area contributed by atoms with Crippen LogP contribution in [0, 0.1) is 6.92 Å². The number of aromatic nitrogens is 4. The second-order valence-corrected chi connectivity index (χ2v) is 5.78. The first kappa shape index (κ1) is 19.3. The number of rotatable bonds is 6. The van der Waals surface area contributed by atoms with Gasteiger partial charge in [0.2, 0.25) is 5.95 Å². The smallest absolute Gasteiger partial charge is 0.314 e. The molecule has 26 heavy (non-hydrogen) atoms. The van der Waals surface area contributed by atoms with Crippen molar-refractivity contribution in [3.8, 4) is 5.95 Å². The van der Waals surface area contributed by atoms with Gasteiger partial charge in [-0.05, 0) is 20.3 Å². The Hall–Kier alpha value is -3.01. The van der Waals surface area contributed by atoms with Crippen molar-refractivity contribution < 1.29 is 14.3 Å². The Balaban J connectivity index is 2.24. The van der Waals surface area contributed by atoms with Crippen LogP contribution >= 0.6 is 0 Å². The van der Waals surface area contributed by atoms with Crippen LogP contribution in [0.2, 0.25) is 0 Å². The molecule has 10 nitrogen and oxygen atoms in total. The minimum atomic E-state index is -0.858. The number of amides is 2. The number of H-pyrrole nitrogens is 1. The maximum atomic E-state index is 12.1. The summed E-state index contributed by atoms with van der Waals surface area (Å²) < 4.78 is 6.19. The third kappa shape index (κ3) is 4.76. The summed E-state index contributed by atoms with van der Waals surface area (Å²) in [5, 5.41) is 9.21. The van der Waals surface area contributed by atoms with Gasteiger partial charge in [-0.25, -0.2) is 4.98 Å². The van der Waals surface area contributed by atoms with E-state index in [-0.39, 0.29) is 30.0 Å². The zero-order chi connectivity index (χ0) is 19.3. The second kappa shape index (κ2) is 8.39. The molecule has 0 radical (unpaired) electrons. The summed E-state index contributed by atoms with van der Waals surface area (Å²) in [5.41, 5.74) is 0.835. The molecule has 3 N–H and O–H groups in total. The van der Waals surface area contributed by atoms with E-state index in [4.69, 9.17) is 4.74 Å². The molecule has 140 valence electrons. The highest BCUT2D eigenvalue weighted by atomic mass is 16.5. The van der Waals surface area contributed by atoms with Crippen LogP contribution in [0.4, 0.5) is 5.82 Å². The first-order valence-electron chi connectivity index (χ1n) is 8.12. The molecular formula is C16H22N6O4. The maximum Gasteiger partial charge on any atom is 0.314 e. The number of carbonyl (C=O) groups excluding carboxylic acids is 2. The summed E-state index contributed by atoms with van der Waals surface area (Å²) >= 11 is 0. The lowest BCUT2D eigenvalue weighted by molar-refractivity contribution is -0.136. The Morgan fingerprint density at radius 1 is 1.35 bits per heavy atom. The van der Waals surface area contributed by atoms with E-state index >= 15 is 0 Å². The van der Waals surface area contributed by atoms with E-state index in [1.54, 1.807) is 19.9 Å². The molecule has 2 aromatic rings. The summed E-state index contributed by atoms with van der Waals surface area (Å²) in [7, 11) is 1.50. The third-order valence-corrected chi connectivity index (χ3v) is 3.42. The normalized spacial score (nSPS) is 11.8. The van der Waals surface area contributed by atoms with Gasteiger partial charge in [0.05, 0.1) is 12.3 Å². The number of aryl methyl sites for hydroxylation is 2. The zero-order valence-corrected chi connectivity index (χ0v) is 15.1. The highest BCUT2D eigenvalue weighted by Crippen LogP contribution is 2.14. The van der Waals surface area contributed by atoms with E-state index in [2.05, 4.69) is 25.7 Å². The highest BCUT2D eigenvalue weighted by molar-refractivity contribution is 6.39. The molecule has 1 unspecified atom stereocenters. The predicted octanol–water partition coefficient (Wildman–Crippen LogP) is -0.0840. The van der Waals surface area contributed by atoms with Crippen molar-refractivity contribution in [1.29, 1.82) is 0 Å². The van der Waals surface area contributed by atoms with Crippen molar-refractivity contribution in [2.75, 3.05) is 19.0 Å². The molecule has 2 rings (SSSR count). The standard InChI is InChI=1S/C16H22N6O4/c1-5-11-7-13(23)20-16(18-11)22-12(6-9(2)21-22)19-15(25)14(24)17-10(3)8-26-4/h6-7,10H,5,8H2,1-4H3,(H,17,24)(H,19,25)(H,18,20,23). The number of anilines is 1. The van der Waals surface area contributed by atoms with Gasteiger partial charge in [0.15, 0.2) is 0 Å². The van der Waals surface area contributed by atoms with Gasteiger partial charge in [-0.3, -0.25) is 19.4 Å². The molecule has 0 saturated carbocycles. The van der Waals surface area contributed by atoms with Crippen LogP contribution in [0.3, 0.4) is 0 Å². The molecule has 0 spiro atoms. The average molecular weight is 362 g/mol. The first-order valence-corrected chi connectivity index (χ1v) is 8.12. The summed E-state index contributed by atoms with van der Waals surface area (Å²) in [6.07, 6.45) is 0.568.